The van der Waals surface area contributed by atoms with Gasteiger partial charge in [-0.25, -0.2) is 4.79 Å². The maximum atomic E-state index is 11.9. The molecule has 1 aliphatic rings. The molecule has 0 aromatic heterocycles. The van der Waals surface area contributed by atoms with Crippen molar-refractivity contribution in [2.24, 2.45) is 5.73 Å². The summed E-state index contributed by atoms with van der Waals surface area (Å²) in [5, 5.41) is 0. The molecule has 5 nitrogen and oxygen atoms in total. The lowest BCUT2D eigenvalue weighted by Gasteiger charge is -2.33. The van der Waals surface area contributed by atoms with Gasteiger partial charge in [-0.15, -0.1) is 0 Å². The molecule has 92 valence electrons. The molecule has 1 unspecified atom stereocenters. The van der Waals surface area contributed by atoms with Crippen molar-refractivity contribution >= 4 is 12.0 Å². The standard InChI is InChI=1S/C11H20N2O3/c1-10(2,3)16-9(15)13-7-5-6-11(13,4)8(12)14/h5-7H2,1-4H3,(H2,12,14). The quantitative estimate of drug-likeness (QED) is 0.734. The lowest BCUT2D eigenvalue weighted by atomic mass is 9.99. The maximum Gasteiger partial charge on any atom is 0.411 e. The lowest BCUT2D eigenvalue weighted by molar-refractivity contribution is -0.127. The van der Waals surface area contributed by atoms with Crippen LogP contribution in [-0.4, -0.2) is 34.6 Å². The fourth-order valence-electron chi connectivity index (χ4n) is 1.83. The number of nitrogens with two attached hydrogens (primary N) is 1. The Hall–Kier alpha value is -1.26. The van der Waals surface area contributed by atoms with Crippen molar-refractivity contribution in [3.8, 4) is 0 Å². The summed E-state index contributed by atoms with van der Waals surface area (Å²) in [7, 11) is 0. The topological polar surface area (TPSA) is 72.6 Å². The first-order chi connectivity index (χ1) is 7.17. The van der Waals surface area contributed by atoms with Gasteiger partial charge in [-0.3, -0.25) is 9.69 Å². The third-order valence-corrected chi connectivity index (χ3v) is 2.79. The van der Waals surface area contributed by atoms with Crippen molar-refractivity contribution in [1.29, 1.82) is 0 Å². The molecule has 2 N–H and O–H groups in total. The molecule has 16 heavy (non-hydrogen) atoms. The van der Waals surface area contributed by atoms with Gasteiger partial charge in [-0.1, -0.05) is 0 Å². The SMILES string of the molecule is CC(C)(C)OC(=O)N1CCCC1(C)C(N)=O. The molecule has 1 heterocycles. The minimum atomic E-state index is -0.900. The number of carbonyl (C=O) groups is 2. The molecule has 0 aromatic carbocycles. The number of primary amides is 1. The number of hydrogen-bond acceptors (Lipinski definition) is 3. The third-order valence-electron chi connectivity index (χ3n) is 2.79. The van der Waals surface area contributed by atoms with Crippen molar-refractivity contribution in [2.45, 2.75) is 51.7 Å². The Morgan fingerprint density at radius 2 is 1.94 bits per heavy atom. The first kappa shape index (κ1) is 12.8. The van der Waals surface area contributed by atoms with Crippen molar-refractivity contribution in [3.05, 3.63) is 0 Å². The lowest BCUT2D eigenvalue weighted by Crippen LogP contribution is -2.54. The van der Waals surface area contributed by atoms with Crippen molar-refractivity contribution < 1.29 is 14.3 Å². The second kappa shape index (κ2) is 3.96. The maximum absolute atomic E-state index is 11.9. The van der Waals surface area contributed by atoms with E-state index >= 15 is 0 Å². The van der Waals surface area contributed by atoms with Gasteiger partial charge in [0.05, 0.1) is 0 Å². The average Bonchev–Trinajstić information content (AvgIpc) is 2.45. The minimum Gasteiger partial charge on any atom is -0.444 e. The van der Waals surface area contributed by atoms with Crippen LogP contribution in [0.1, 0.15) is 40.5 Å². The monoisotopic (exact) mass is 228 g/mol. The van der Waals surface area contributed by atoms with E-state index in [1.807, 2.05) is 0 Å². The van der Waals surface area contributed by atoms with Gasteiger partial charge in [0.2, 0.25) is 5.91 Å². The van der Waals surface area contributed by atoms with Gasteiger partial charge in [0.15, 0.2) is 0 Å². The van der Waals surface area contributed by atoms with Crippen LogP contribution in [0.2, 0.25) is 0 Å². The van der Waals surface area contributed by atoms with Gasteiger partial charge in [0.25, 0.3) is 0 Å². The number of hydrogen-bond donors (Lipinski definition) is 1. The molecule has 1 aliphatic heterocycles. The van der Waals surface area contributed by atoms with E-state index in [1.165, 1.54) is 4.90 Å². The molecule has 0 radical (unpaired) electrons. The second-order valence-corrected chi connectivity index (χ2v) is 5.37. The molecule has 0 spiro atoms. The van der Waals surface area contributed by atoms with E-state index in [0.29, 0.717) is 13.0 Å². The average molecular weight is 228 g/mol. The van der Waals surface area contributed by atoms with Crippen LogP contribution in [0.5, 0.6) is 0 Å². The first-order valence-electron chi connectivity index (χ1n) is 5.47. The van der Waals surface area contributed by atoms with Gasteiger partial charge in [0.1, 0.15) is 11.1 Å². The van der Waals surface area contributed by atoms with E-state index in [2.05, 4.69) is 0 Å². The summed E-state index contributed by atoms with van der Waals surface area (Å²) in [6.45, 7) is 7.59. The van der Waals surface area contributed by atoms with Crippen LogP contribution in [0.25, 0.3) is 0 Å². The molecule has 1 fully saturated rings. The summed E-state index contributed by atoms with van der Waals surface area (Å²) >= 11 is 0. The summed E-state index contributed by atoms with van der Waals surface area (Å²) < 4.78 is 5.25. The van der Waals surface area contributed by atoms with Crippen molar-refractivity contribution in [3.63, 3.8) is 0 Å². The molecule has 1 saturated heterocycles. The summed E-state index contributed by atoms with van der Waals surface area (Å²) in [5.74, 6) is -0.476. The highest BCUT2D eigenvalue weighted by molar-refractivity contribution is 5.88. The third kappa shape index (κ3) is 2.46. The van der Waals surface area contributed by atoms with E-state index in [4.69, 9.17) is 10.5 Å². The number of ether oxygens (including phenoxy) is 1. The number of nitrogens with zero attached hydrogens (tertiary/aromatic N) is 1. The molecule has 0 aliphatic carbocycles. The molecular weight excluding hydrogens is 208 g/mol. The smallest absolute Gasteiger partial charge is 0.411 e. The highest BCUT2D eigenvalue weighted by Crippen LogP contribution is 2.30. The molecule has 0 aromatic rings. The van der Waals surface area contributed by atoms with Gasteiger partial charge in [-0.2, -0.15) is 0 Å². The largest absolute Gasteiger partial charge is 0.444 e. The number of likely N-dealkylation sites (tertiary alicyclic amines) is 1. The zero-order valence-corrected chi connectivity index (χ0v) is 10.4. The molecule has 0 bridgehead atoms. The van der Waals surface area contributed by atoms with Gasteiger partial charge in [-0.05, 0) is 40.5 Å². The highest BCUT2D eigenvalue weighted by atomic mass is 16.6. The second-order valence-electron chi connectivity index (χ2n) is 5.37. The Kier molecular flexibility index (Phi) is 3.17. The fourth-order valence-corrected chi connectivity index (χ4v) is 1.83. The van der Waals surface area contributed by atoms with Gasteiger partial charge in [0, 0.05) is 6.54 Å². The van der Waals surface area contributed by atoms with Crippen molar-refractivity contribution in [1.82, 2.24) is 4.90 Å². The molecule has 1 rings (SSSR count). The number of carbonyl (C=O) groups excluding carboxylic acids is 2. The Labute approximate surface area is 95.9 Å². The minimum absolute atomic E-state index is 0.466. The molecule has 0 saturated carbocycles. The van der Waals surface area contributed by atoms with Gasteiger partial charge >= 0.3 is 6.09 Å². The summed E-state index contributed by atoms with van der Waals surface area (Å²) in [6, 6.07) is 0. The van der Waals surface area contributed by atoms with Crippen molar-refractivity contribution in [2.75, 3.05) is 6.54 Å². The van der Waals surface area contributed by atoms with E-state index in [0.717, 1.165) is 6.42 Å². The van der Waals surface area contributed by atoms with Crippen LogP contribution >= 0.6 is 0 Å². The molecule has 1 atom stereocenters. The molecule has 2 amide bonds. The van der Waals surface area contributed by atoms with Crippen LogP contribution in [0.3, 0.4) is 0 Å². The zero-order valence-electron chi connectivity index (χ0n) is 10.4. The van der Waals surface area contributed by atoms with Crippen LogP contribution in [0.4, 0.5) is 4.79 Å². The van der Waals surface area contributed by atoms with E-state index in [-0.39, 0.29) is 0 Å². The van der Waals surface area contributed by atoms with Crippen LogP contribution < -0.4 is 5.73 Å². The van der Waals surface area contributed by atoms with E-state index in [1.54, 1.807) is 27.7 Å². The van der Waals surface area contributed by atoms with Gasteiger partial charge < -0.3 is 10.5 Å². The zero-order chi connectivity index (χ0) is 12.6. The first-order valence-corrected chi connectivity index (χ1v) is 5.47. The van der Waals surface area contributed by atoms with E-state index < -0.39 is 23.1 Å². The highest BCUT2D eigenvalue weighted by Gasteiger charge is 2.45. The fraction of sp³-hybridized carbons (Fsp3) is 0.818. The number of amides is 2. The normalized spacial score (nSPS) is 25.6. The van der Waals surface area contributed by atoms with Crippen LogP contribution in [-0.2, 0) is 9.53 Å². The summed E-state index contributed by atoms with van der Waals surface area (Å²) in [5.41, 5.74) is 3.88. The predicted molar refractivity (Wildman–Crippen MR) is 59.8 cm³/mol. The van der Waals surface area contributed by atoms with Crippen LogP contribution in [0, 0.1) is 0 Å². The molecular formula is C11H20N2O3. The number of rotatable bonds is 1. The predicted octanol–water partition coefficient (Wildman–Crippen LogP) is 1.26. The Balaban J connectivity index is 2.80. The Bertz CT molecular complexity index is 309. The van der Waals surface area contributed by atoms with Crippen LogP contribution in [0.15, 0.2) is 0 Å². The molecule has 5 heteroatoms. The Morgan fingerprint density at radius 3 is 2.38 bits per heavy atom. The summed E-state index contributed by atoms with van der Waals surface area (Å²) in [6.07, 6.45) is 0.909. The van der Waals surface area contributed by atoms with E-state index in [9.17, 15) is 9.59 Å². The summed E-state index contributed by atoms with van der Waals surface area (Å²) in [4.78, 5) is 24.7. The Morgan fingerprint density at radius 1 is 1.38 bits per heavy atom.